The van der Waals surface area contributed by atoms with Crippen molar-refractivity contribution in [3.8, 4) is 0 Å². The van der Waals surface area contributed by atoms with E-state index in [0.29, 0.717) is 11.6 Å². The van der Waals surface area contributed by atoms with Crippen molar-refractivity contribution < 1.29 is 4.39 Å². The van der Waals surface area contributed by atoms with Gasteiger partial charge < -0.3 is 4.90 Å². The first-order valence-corrected chi connectivity index (χ1v) is 6.99. The van der Waals surface area contributed by atoms with Crippen LogP contribution in [0.15, 0.2) is 18.2 Å². The van der Waals surface area contributed by atoms with E-state index in [4.69, 9.17) is 11.6 Å². The summed E-state index contributed by atoms with van der Waals surface area (Å²) < 4.78 is 13.7. The van der Waals surface area contributed by atoms with E-state index in [2.05, 4.69) is 23.8 Å². The maximum absolute atomic E-state index is 13.7. The van der Waals surface area contributed by atoms with Crippen molar-refractivity contribution in [3.63, 3.8) is 0 Å². The van der Waals surface area contributed by atoms with Gasteiger partial charge in [-0.1, -0.05) is 13.0 Å². The molecule has 4 heteroatoms. The Kier molecular flexibility index (Phi) is 4.46. The van der Waals surface area contributed by atoms with Crippen LogP contribution in [0.2, 0.25) is 0 Å². The number of nitrogens with zero attached hydrogens (tertiary/aromatic N) is 2. The maximum atomic E-state index is 13.7. The predicted molar refractivity (Wildman–Crippen MR) is 74.9 cm³/mol. The molecule has 1 unspecified atom stereocenters. The standard InChI is InChI=1S/C14H20ClFN2/c1-3-11-10-18(8-7-17(11)2)14-6-4-5-13(16)12(14)9-15/h4-6,11H,3,7-10H2,1-2H3. The molecule has 0 spiro atoms. The predicted octanol–water partition coefficient (Wildman–Crippen LogP) is 3.09. The van der Waals surface area contributed by atoms with Gasteiger partial charge in [-0.3, -0.25) is 4.90 Å². The van der Waals surface area contributed by atoms with Crippen molar-refractivity contribution >= 4 is 17.3 Å². The smallest absolute Gasteiger partial charge is 0.129 e. The Hall–Kier alpha value is -0.800. The molecule has 1 heterocycles. The Morgan fingerprint density at radius 3 is 2.83 bits per heavy atom. The van der Waals surface area contributed by atoms with Crippen LogP contribution in [-0.2, 0) is 5.88 Å². The first-order chi connectivity index (χ1) is 8.67. The molecule has 0 aliphatic carbocycles. The summed E-state index contributed by atoms with van der Waals surface area (Å²) in [5.74, 6) is 0.0278. The molecule has 0 amide bonds. The molecule has 1 aromatic rings. The number of hydrogen-bond donors (Lipinski definition) is 0. The maximum Gasteiger partial charge on any atom is 0.129 e. The summed E-state index contributed by atoms with van der Waals surface area (Å²) in [6.07, 6.45) is 1.11. The molecule has 100 valence electrons. The molecule has 1 aromatic carbocycles. The summed E-state index contributed by atoms with van der Waals surface area (Å²) in [5.41, 5.74) is 1.58. The fourth-order valence-electron chi connectivity index (χ4n) is 2.58. The van der Waals surface area contributed by atoms with Crippen LogP contribution in [-0.4, -0.2) is 37.6 Å². The average molecular weight is 271 g/mol. The van der Waals surface area contributed by atoms with Crippen LogP contribution < -0.4 is 4.90 Å². The van der Waals surface area contributed by atoms with E-state index in [9.17, 15) is 4.39 Å². The van der Waals surface area contributed by atoms with Gasteiger partial charge in [-0.05, 0) is 25.6 Å². The van der Waals surface area contributed by atoms with E-state index in [1.54, 1.807) is 6.07 Å². The fourth-order valence-corrected chi connectivity index (χ4v) is 2.85. The highest BCUT2D eigenvalue weighted by Crippen LogP contribution is 2.27. The Morgan fingerprint density at radius 2 is 2.17 bits per heavy atom. The van der Waals surface area contributed by atoms with E-state index < -0.39 is 0 Å². The molecule has 0 aromatic heterocycles. The Labute approximate surface area is 113 Å². The number of benzene rings is 1. The van der Waals surface area contributed by atoms with Gasteiger partial charge in [0.2, 0.25) is 0 Å². The first-order valence-electron chi connectivity index (χ1n) is 6.46. The second-order valence-electron chi connectivity index (χ2n) is 4.86. The van der Waals surface area contributed by atoms with E-state index in [1.807, 2.05) is 6.07 Å². The van der Waals surface area contributed by atoms with Crippen LogP contribution in [0.3, 0.4) is 0 Å². The van der Waals surface area contributed by atoms with Gasteiger partial charge in [0.25, 0.3) is 0 Å². The van der Waals surface area contributed by atoms with Gasteiger partial charge in [-0.2, -0.15) is 0 Å². The highest BCUT2D eigenvalue weighted by atomic mass is 35.5. The van der Waals surface area contributed by atoms with Crippen molar-refractivity contribution in [2.45, 2.75) is 25.3 Å². The van der Waals surface area contributed by atoms with Gasteiger partial charge in [0, 0.05) is 36.9 Å². The van der Waals surface area contributed by atoms with Crippen LogP contribution in [0, 0.1) is 5.82 Å². The number of hydrogen-bond acceptors (Lipinski definition) is 2. The third-order valence-corrected chi connectivity index (χ3v) is 4.08. The molecule has 2 rings (SSSR count). The number of alkyl halides is 1. The summed E-state index contributed by atoms with van der Waals surface area (Å²) >= 11 is 5.88. The number of halogens is 2. The van der Waals surface area contributed by atoms with Crippen molar-refractivity contribution in [3.05, 3.63) is 29.6 Å². The summed E-state index contributed by atoms with van der Waals surface area (Å²) in [4.78, 5) is 4.63. The fraction of sp³-hybridized carbons (Fsp3) is 0.571. The molecule has 0 N–H and O–H groups in total. The lowest BCUT2D eigenvalue weighted by Crippen LogP contribution is -2.51. The molecule has 1 fully saturated rings. The summed E-state index contributed by atoms with van der Waals surface area (Å²) in [6, 6.07) is 5.75. The molecule has 1 saturated heterocycles. The normalized spacial score (nSPS) is 21.3. The Morgan fingerprint density at radius 1 is 1.39 bits per heavy atom. The Balaban J connectivity index is 2.24. The Bertz CT molecular complexity index is 411. The minimum absolute atomic E-state index is 0.200. The minimum Gasteiger partial charge on any atom is -0.368 e. The van der Waals surface area contributed by atoms with Crippen molar-refractivity contribution in [1.82, 2.24) is 4.90 Å². The highest BCUT2D eigenvalue weighted by molar-refractivity contribution is 6.17. The average Bonchev–Trinajstić information content (AvgIpc) is 2.39. The van der Waals surface area contributed by atoms with Crippen LogP contribution in [0.1, 0.15) is 18.9 Å². The zero-order chi connectivity index (χ0) is 13.1. The number of anilines is 1. The van der Waals surface area contributed by atoms with E-state index in [1.165, 1.54) is 6.07 Å². The van der Waals surface area contributed by atoms with E-state index >= 15 is 0 Å². The van der Waals surface area contributed by atoms with Gasteiger partial charge in [0.1, 0.15) is 5.82 Å². The van der Waals surface area contributed by atoms with Crippen molar-refractivity contribution in [2.24, 2.45) is 0 Å². The van der Waals surface area contributed by atoms with Gasteiger partial charge in [0.15, 0.2) is 0 Å². The van der Waals surface area contributed by atoms with Gasteiger partial charge in [-0.25, -0.2) is 4.39 Å². The summed E-state index contributed by atoms with van der Waals surface area (Å²) in [7, 11) is 2.15. The quantitative estimate of drug-likeness (QED) is 0.779. The van der Waals surface area contributed by atoms with Crippen molar-refractivity contribution in [2.75, 3.05) is 31.6 Å². The molecule has 1 atom stereocenters. The molecule has 2 nitrogen and oxygen atoms in total. The molecule has 0 bridgehead atoms. The topological polar surface area (TPSA) is 6.48 Å². The number of rotatable bonds is 3. The zero-order valence-electron chi connectivity index (χ0n) is 11.0. The van der Waals surface area contributed by atoms with Crippen LogP contribution >= 0.6 is 11.6 Å². The van der Waals surface area contributed by atoms with Crippen LogP contribution in [0.4, 0.5) is 10.1 Å². The van der Waals surface area contributed by atoms with E-state index in [0.717, 1.165) is 31.7 Å². The number of piperazine rings is 1. The van der Waals surface area contributed by atoms with Gasteiger partial charge in [-0.15, -0.1) is 11.6 Å². The lowest BCUT2D eigenvalue weighted by atomic mass is 10.1. The highest BCUT2D eigenvalue weighted by Gasteiger charge is 2.24. The van der Waals surface area contributed by atoms with E-state index in [-0.39, 0.29) is 11.7 Å². The molecule has 18 heavy (non-hydrogen) atoms. The molecule has 1 aliphatic heterocycles. The first kappa shape index (κ1) is 13.6. The summed E-state index contributed by atoms with van der Waals surface area (Å²) in [5, 5.41) is 0. The van der Waals surface area contributed by atoms with Gasteiger partial charge in [0.05, 0.1) is 5.88 Å². The zero-order valence-corrected chi connectivity index (χ0v) is 11.8. The lowest BCUT2D eigenvalue weighted by Gasteiger charge is -2.41. The third-order valence-electron chi connectivity index (χ3n) is 3.82. The molecule has 0 radical (unpaired) electrons. The molecular formula is C14H20ClFN2. The second-order valence-corrected chi connectivity index (χ2v) is 5.13. The summed E-state index contributed by atoms with van der Waals surface area (Å²) in [6.45, 7) is 5.08. The molecule has 1 aliphatic rings. The largest absolute Gasteiger partial charge is 0.368 e. The van der Waals surface area contributed by atoms with Crippen LogP contribution in [0.25, 0.3) is 0 Å². The third kappa shape index (κ3) is 2.62. The monoisotopic (exact) mass is 270 g/mol. The molecule has 0 saturated carbocycles. The van der Waals surface area contributed by atoms with Gasteiger partial charge >= 0.3 is 0 Å². The lowest BCUT2D eigenvalue weighted by molar-refractivity contribution is 0.213. The minimum atomic E-state index is -0.200. The van der Waals surface area contributed by atoms with Crippen molar-refractivity contribution in [1.29, 1.82) is 0 Å². The second kappa shape index (κ2) is 5.89. The molecular weight excluding hydrogens is 251 g/mol. The number of likely N-dealkylation sites (N-methyl/N-ethyl adjacent to an activating group) is 1. The van der Waals surface area contributed by atoms with Crippen LogP contribution in [0.5, 0.6) is 0 Å². The SMILES string of the molecule is CCC1CN(c2cccc(F)c2CCl)CCN1C.